The van der Waals surface area contributed by atoms with Gasteiger partial charge in [0.2, 0.25) is 0 Å². The number of fused-ring (bicyclic) bond motifs is 1. The number of ether oxygens (including phenoxy) is 1. The highest BCUT2D eigenvalue weighted by atomic mass is 16.5. The molecule has 17 heavy (non-hydrogen) atoms. The van der Waals surface area contributed by atoms with Crippen LogP contribution in [0.15, 0.2) is 18.2 Å². The average Bonchev–Trinajstić information content (AvgIpc) is 2.32. The Morgan fingerprint density at radius 1 is 1.59 bits per heavy atom. The largest absolute Gasteiger partial charge is 0.489 e. The van der Waals surface area contributed by atoms with E-state index in [0.717, 1.165) is 17.9 Å². The minimum atomic E-state index is 0.0714. The molecular formula is C13H18N2O2. The summed E-state index contributed by atoms with van der Waals surface area (Å²) in [5, 5.41) is 0. The van der Waals surface area contributed by atoms with Crippen LogP contribution in [0.25, 0.3) is 0 Å². The molecule has 0 saturated carbocycles. The van der Waals surface area contributed by atoms with Crippen LogP contribution < -0.4 is 15.4 Å². The van der Waals surface area contributed by atoms with Crippen LogP contribution in [0.2, 0.25) is 0 Å². The molecule has 92 valence electrons. The molecule has 1 aromatic carbocycles. The molecule has 0 amide bonds. The molecule has 1 unspecified atom stereocenters. The second-order valence-corrected chi connectivity index (χ2v) is 4.39. The number of nitrogens with zero attached hydrogens (tertiary/aromatic N) is 1. The molecule has 1 aliphatic heterocycles. The molecule has 4 nitrogen and oxygen atoms in total. The quantitative estimate of drug-likeness (QED) is 0.804. The molecule has 0 radical (unpaired) electrons. The molecule has 0 aliphatic carbocycles. The summed E-state index contributed by atoms with van der Waals surface area (Å²) in [6.07, 6.45) is 0.889. The number of likely N-dealkylation sites (N-methyl/N-ethyl adjacent to an activating group) is 1. The third kappa shape index (κ3) is 2.26. The second kappa shape index (κ2) is 4.75. The van der Waals surface area contributed by atoms with Crippen LogP contribution >= 0.6 is 0 Å². The van der Waals surface area contributed by atoms with Crippen molar-refractivity contribution in [1.29, 1.82) is 0 Å². The first-order valence-corrected chi connectivity index (χ1v) is 5.84. The zero-order valence-corrected chi connectivity index (χ0v) is 10.3. The molecule has 0 spiro atoms. The number of hydrogen-bond acceptors (Lipinski definition) is 4. The maximum atomic E-state index is 11.4. The molecule has 4 heteroatoms. The van der Waals surface area contributed by atoms with E-state index in [4.69, 9.17) is 10.5 Å². The lowest BCUT2D eigenvalue weighted by molar-refractivity contribution is 0.101. The van der Waals surface area contributed by atoms with Gasteiger partial charge in [-0.3, -0.25) is 4.79 Å². The second-order valence-electron chi connectivity index (χ2n) is 4.39. The maximum Gasteiger partial charge on any atom is 0.159 e. The molecule has 1 atom stereocenters. The number of carbonyl (C=O) groups is 1. The molecular weight excluding hydrogens is 216 g/mol. The van der Waals surface area contributed by atoms with Crippen LogP contribution in [0.4, 0.5) is 5.69 Å². The highest BCUT2D eigenvalue weighted by Crippen LogP contribution is 2.34. The van der Waals surface area contributed by atoms with Gasteiger partial charge in [-0.1, -0.05) is 0 Å². The van der Waals surface area contributed by atoms with Gasteiger partial charge in [0.05, 0.1) is 11.7 Å². The number of carbonyl (C=O) groups excluding carboxylic acids is 1. The van der Waals surface area contributed by atoms with E-state index in [2.05, 4.69) is 4.90 Å². The van der Waals surface area contributed by atoms with Gasteiger partial charge in [-0.2, -0.15) is 0 Å². The predicted molar refractivity (Wildman–Crippen MR) is 67.8 cm³/mol. The van der Waals surface area contributed by atoms with E-state index in [9.17, 15) is 4.79 Å². The number of hydrogen-bond donors (Lipinski definition) is 1. The van der Waals surface area contributed by atoms with Crippen molar-refractivity contribution in [1.82, 2.24) is 0 Å². The number of Topliss-reactive ketones (excluding diaryl/α,β-unsaturated/α-hetero) is 1. The van der Waals surface area contributed by atoms with Crippen molar-refractivity contribution in [2.24, 2.45) is 5.73 Å². The fourth-order valence-corrected chi connectivity index (χ4v) is 2.10. The van der Waals surface area contributed by atoms with Gasteiger partial charge >= 0.3 is 0 Å². The summed E-state index contributed by atoms with van der Waals surface area (Å²) in [6.45, 7) is 2.86. The summed E-state index contributed by atoms with van der Waals surface area (Å²) in [5.41, 5.74) is 7.27. The van der Waals surface area contributed by atoms with Gasteiger partial charge in [0, 0.05) is 12.6 Å². The average molecular weight is 234 g/mol. The van der Waals surface area contributed by atoms with Gasteiger partial charge in [0.15, 0.2) is 5.78 Å². The van der Waals surface area contributed by atoms with Crippen molar-refractivity contribution in [3.63, 3.8) is 0 Å². The summed E-state index contributed by atoms with van der Waals surface area (Å²) >= 11 is 0. The van der Waals surface area contributed by atoms with Crippen LogP contribution in [-0.4, -0.2) is 32.0 Å². The fourth-order valence-electron chi connectivity index (χ4n) is 2.10. The Morgan fingerprint density at radius 3 is 3.00 bits per heavy atom. The van der Waals surface area contributed by atoms with Crippen molar-refractivity contribution in [2.75, 3.05) is 25.1 Å². The van der Waals surface area contributed by atoms with E-state index in [1.165, 1.54) is 0 Å². The summed E-state index contributed by atoms with van der Waals surface area (Å²) < 4.78 is 5.69. The lowest BCUT2D eigenvalue weighted by atomic mass is 10.1. The number of rotatable bonds is 3. The van der Waals surface area contributed by atoms with Gasteiger partial charge in [-0.25, -0.2) is 0 Å². The predicted octanol–water partition coefficient (Wildman–Crippen LogP) is 1.44. The molecule has 0 saturated heterocycles. The Kier molecular flexibility index (Phi) is 3.33. The Balaban J connectivity index is 2.32. The number of anilines is 1. The van der Waals surface area contributed by atoms with Gasteiger partial charge in [0.1, 0.15) is 12.4 Å². The van der Waals surface area contributed by atoms with E-state index in [-0.39, 0.29) is 11.8 Å². The van der Waals surface area contributed by atoms with Crippen LogP contribution in [0.3, 0.4) is 0 Å². The summed E-state index contributed by atoms with van der Waals surface area (Å²) in [6, 6.07) is 5.84. The first-order valence-electron chi connectivity index (χ1n) is 5.84. The van der Waals surface area contributed by atoms with Crippen molar-refractivity contribution >= 4 is 11.5 Å². The zero-order chi connectivity index (χ0) is 12.4. The molecule has 2 N–H and O–H groups in total. The van der Waals surface area contributed by atoms with Gasteiger partial charge in [-0.15, -0.1) is 0 Å². The first-order chi connectivity index (χ1) is 8.13. The van der Waals surface area contributed by atoms with E-state index < -0.39 is 0 Å². The third-order valence-electron chi connectivity index (χ3n) is 3.22. The highest BCUT2D eigenvalue weighted by Gasteiger charge is 2.24. The van der Waals surface area contributed by atoms with E-state index >= 15 is 0 Å². The minimum absolute atomic E-state index is 0.0714. The normalized spacial score (nSPS) is 18.5. The van der Waals surface area contributed by atoms with E-state index in [1.54, 1.807) is 13.0 Å². The Hall–Kier alpha value is -1.55. The van der Waals surface area contributed by atoms with E-state index in [0.29, 0.717) is 18.7 Å². The summed E-state index contributed by atoms with van der Waals surface area (Å²) in [7, 11) is 2.02. The van der Waals surface area contributed by atoms with Crippen LogP contribution in [0.5, 0.6) is 5.75 Å². The fraction of sp³-hybridized carbons (Fsp3) is 0.462. The van der Waals surface area contributed by atoms with E-state index in [1.807, 2.05) is 19.2 Å². The lowest BCUT2D eigenvalue weighted by Crippen LogP contribution is -2.41. The molecule has 0 bridgehead atoms. The minimum Gasteiger partial charge on any atom is -0.489 e. The molecule has 1 aliphatic rings. The lowest BCUT2D eigenvalue weighted by Gasteiger charge is -2.35. The maximum absolute atomic E-state index is 11.4. The molecule has 2 rings (SSSR count). The molecule has 1 aromatic rings. The van der Waals surface area contributed by atoms with Crippen molar-refractivity contribution in [3.05, 3.63) is 23.8 Å². The molecule has 0 fully saturated rings. The van der Waals surface area contributed by atoms with Crippen LogP contribution in [-0.2, 0) is 0 Å². The summed E-state index contributed by atoms with van der Waals surface area (Å²) in [5.74, 6) is 0.910. The Labute approximate surface area is 101 Å². The monoisotopic (exact) mass is 234 g/mol. The standard InChI is InChI=1S/C13H18N2O2/c1-9(16)10-3-4-13-12(7-10)15(2)11(5-6-14)8-17-13/h3-4,7,11H,5-6,8,14H2,1-2H3. The number of ketones is 1. The molecule has 1 heterocycles. The zero-order valence-electron chi connectivity index (χ0n) is 10.3. The number of benzene rings is 1. The van der Waals surface area contributed by atoms with Gasteiger partial charge in [0.25, 0.3) is 0 Å². The van der Waals surface area contributed by atoms with Crippen LogP contribution in [0, 0.1) is 0 Å². The van der Waals surface area contributed by atoms with Crippen molar-refractivity contribution < 1.29 is 9.53 Å². The van der Waals surface area contributed by atoms with Crippen LogP contribution in [0.1, 0.15) is 23.7 Å². The van der Waals surface area contributed by atoms with Gasteiger partial charge in [-0.05, 0) is 38.1 Å². The topological polar surface area (TPSA) is 55.6 Å². The number of nitrogens with two attached hydrogens (primary N) is 1. The Bertz CT molecular complexity index is 431. The van der Waals surface area contributed by atoms with Crippen molar-refractivity contribution in [2.45, 2.75) is 19.4 Å². The first kappa shape index (κ1) is 11.9. The summed E-state index contributed by atoms with van der Waals surface area (Å²) in [4.78, 5) is 13.5. The van der Waals surface area contributed by atoms with Gasteiger partial charge < -0.3 is 15.4 Å². The third-order valence-corrected chi connectivity index (χ3v) is 3.22. The molecule has 0 aromatic heterocycles. The highest BCUT2D eigenvalue weighted by molar-refractivity contribution is 5.95. The SMILES string of the molecule is CC(=O)c1ccc2c(c1)N(C)C(CCN)CO2. The smallest absolute Gasteiger partial charge is 0.159 e. The Morgan fingerprint density at radius 2 is 2.35 bits per heavy atom. The van der Waals surface area contributed by atoms with Crippen molar-refractivity contribution in [3.8, 4) is 5.75 Å².